The Balaban J connectivity index is 2.60. The van der Waals surface area contributed by atoms with Crippen LogP contribution in [0.5, 0.6) is 0 Å². The molecule has 0 unspecified atom stereocenters. The second kappa shape index (κ2) is 3.85. The summed E-state index contributed by atoms with van der Waals surface area (Å²) in [5.74, 6) is -0.361. The van der Waals surface area contributed by atoms with Gasteiger partial charge in [0.2, 0.25) is 0 Å². The summed E-state index contributed by atoms with van der Waals surface area (Å²) in [5, 5.41) is 5.89. The number of nitrogens with one attached hydrogen (secondary N) is 1. The van der Waals surface area contributed by atoms with Crippen LogP contribution in [0.15, 0.2) is 4.52 Å². The van der Waals surface area contributed by atoms with Crippen molar-refractivity contribution >= 4 is 6.01 Å². The highest BCUT2D eigenvalue weighted by atomic mass is 19.4. The minimum absolute atomic E-state index is 0.0132. The molecule has 0 fully saturated rings. The Morgan fingerprint density at radius 3 is 2.57 bits per heavy atom. The van der Waals surface area contributed by atoms with Crippen LogP contribution in [-0.2, 0) is 6.42 Å². The van der Waals surface area contributed by atoms with Gasteiger partial charge in [0, 0.05) is 6.04 Å². The van der Waals surface area contributed by atoms with Crippen LogP contribution in [0.4, 0.5) is 19.2 Å². The minimum Gasteiger partial charge on any atom is -0.336 e. The molecule has 0 amide bonds. The van der Waals surface area contributed by atoms with E-state index in [-0.39, 0.29) is 17.9 Å². The number of hydrogen-bond donors (Lipinski definition) is 1. The largest absolute Gasteiger partial charge is 0.396 e. The lowest BCUT2D eigenvalue weighted by molar-refractivity contribution is -0.128. The van der Waals surface area contributed by atoms with Crippen molar-refractivity contribution in [2.75, 3.05) is 5.32 Å². The molecule has 0 radical (unpaired) electrons. The molecule has 1 aromatic rings. The maximum atomic E-state index is 11.9. The molecular weight excluding hydrogens is 199 g/mol. The van der Waals surface area contributed by atoms with E-state index in [1.807, 2.05) is 13.8 Å². The molecular formula is C7H10F3N3O. The van der Waals surface area contributed by atoms with E-state index in [0.717, 1.165) is 0 Å². The molecule has 1 rings (SSSR count). The first-order chi connectivity index (χ1) is 6.37. The Morgan fingerprint density at radius 1 is 1.43 bits per heavy atom. The van der Waals surface area contributed by atoms with Crippen LogP contribution in [0.2, 0.25) is 0 Å². The number of halogens is 3. The molecule has 80 valence electrons. The molecule has 0 aliphatic carbocycles. The third kappa shape index (κ3) is 3.63. The molecule has 14 heavy (non-hydrogen) atoms. The maximum Gasteiger partial charge on any atom is 0.396 e. The van der Waals surface area contributed by atoms with Crippen LogP contribution >= 0.6 is 0 Å². The fourth-order valence-corrected chi connectivity index (χ4v) is 0.811. The topological polar surface area (TPSA) is 51.0 Å². The zero-order valence-corrected chi connectivity index (χ0v) is 7.72. The van der Waals surface area contributed by atoms with E-state index in [1.54, 1.807) is 0 Å². The number of rotatable bonds is 3. The summed E-state index contributed by atoms with van der Waals surface area (Å²) >= 11 is 0. The zero-order chi connectivity index (χ0) is 10.8. The average molecular weight is 209 g/mol. The quantitative estimate of drug-likeness (QED) is 0.827. The molecule has 0 aliphatic rings. The summed E-state index contributed by atoms with van der Waals surface area (Å²) in [7, 11) is 0. The van der Waals surface area contributed by atoms with Crippen molar-refractivity contribution in [3.63, 3.8) is 0 Å². The van der Waals surface area contributed by atoms with Gasteiger partial charge in [0.25, 0.3) is 0 Å². The fourth-order valence-electron chi connectivity index (χ4n) is 0.811. The van der Waals surface area contributed by atoms with Gasteiger partial charge in [-0.3, -0.25) is 0 Å². The van der Waals surface area contributed by atoms with Crippen LogP contribution in [0.3, 0.4) is 0 Å². The van der Waals surface area contributed by atoms with Crippen molar-refractivity contribution in [2.24, 2.45) is 0 Å². The summed E-state index contributed by atoms with van der Waals surface area (Å²) in [5.41, 5.74) is 0. The molecule has 0 aromatic carbocycles. The molecule has 1 aromatic heterocycles. The first-order valence-corrected chi connectivity index (χ1v) is 4.02. The number of nitrogens with zero attached hydrogens (tertiary/aromatic N) is 2. The van der Waals surface area contributed by atoms with Crippen molar-refractivity contribution in [1.82, 2.24) is 10.1 Å². The van der Waals surface area contributed by atoms with Crippen molar-refractivity contribution in [2.45, 2.75) is 32.5 Å². The number of alkyl halides is 3. The van der Waals surface area contributed by atoms with Gasteiger partial charge in [0.1, 0.15) is 6.42 Å². The molecule has 4 nitrogen and oxygen atoms in total. The van der Waals surface area contributed by atoms with Crippen LogP contribution in [0, 0.1) is 0 Å². The normalized spacial score (nSPS) is 12.1. The Labute approximate surface area is 78.5 Å². The number of hydrogen-bond acceptors (Lipinski definition) is 4. The summed E-state index contributed by atoms with van der Waals surface area (Å²) in [4.78, 5) is 3.53. The third-order valence-corrected chi connectivity index (χ3v) is 1.24. The van der Waals surface area contributed by atoms with E-state index in [4.69, 9.17) is 0 Å². The van der Waals surface area contributed by atoms with E-state index in [1.165, 1.54) is 0 Å². The summed E-state index contributed by atoms with van der Waals surface area (Å²) in [6.07, 6.45) is -5.48. The minimum atomic E-state index is -4.31. The molecule has 1 N–H and O–H groups in total. The van der Waals surface area contributed by atoms with Crippen molar-refractivity contribution in [1.29, 1.82) is 0 Å². The highest BCUT2D eigenvalue weighted by Crippen LogP contribution is 2.20. The number of aromatic nitrogens is 2. The highest BCUT2D eigenvalue weighted by molar-refractivity contribution is 5.19. The lowest BCUT2D eigenvalue weighted by Crippen LogP contribution is -2.13. The van der Waals surface area contributed by atoms with Gasteiger partial charge in [0.15, 0.2) is 5.82 Å². The maximum absolute atomic E-state index is 11.9. The Kier molecular flexibility index (Phi) is 2.97. The Morgan fingerprint density at radius 2 is 2.07 bits per heavy atom. The van der Waals surface area contributed by atoms with Crippen molar-refractivity contribution in [3.05, 3.63) is 5.82 Å². The second-order valence-corrected chi connectivity index (χ2v) is 3.11. The monoisotopic (exact) mass is 209 g/mol. The van der Waals surface area contributed by atoms with Crippen molar-refractivity contribution < 1.29 is 17.7 Å². The van der Waals surface area contributed by atoms with Crippen molar-refractivity contribution in [3.8, 4) is 0 Å². The van der Waals surface area contributed by atoms with Gasteiger partial charge in [-0.15, -0.1) is 0 Å². The third-order valence-electron chi connectivity index (χ3n) is 1.24. The first-order valence-electron chi connectivity index (χ1n) is 4.02. The Bertz CT molecular complexity index is 295. The van der Waals surface area contributed by atoms with Gasteiger partial charge in [-0.1, -0.05) is 5.16 Å². The summed E-state index contributed by atoms with van der Waals surface area (Å²) < 4.78 is 40.2. The lowest BCUT2D eigenvalue weighted by Gasteiger charge is -2.02. The average Bonchev–Trinajstić information content (AvgIpc) is 2.30. The zero-order valence-electron chi connectivity index (χ0n) is 7.72. The van der Waals surface area contributed by atoms with Gasteiger partial charge < -0.3 is 9.84 Å². The fraction of sp³-hybridized carbons (Fsp3) is 0.714. The van der Waals surface area contributed by atoms with Crippen LogP contribution in [0.25, 0.3) is 0 Å². The predicted octanol–water partition coefficient (Wildman–Crippen LogP) is 1.99. The summed E-state index contributed by atoms with van der Waals surface area (Å²) in [6, 6.07) is 0.0495. The molecule has 0 saturated heterocycles. The summed E-state index contributed by atoms with van der Waals surface area (Å²) in [6.45, 7) is 3.63. The highest BCUT2D eigenvalue weighted by Gasteiger charge is 2.30. The standard InChI is InChI=1S/C7H10F3N3O/c1-4(2)11-6-12-5(13-14-6)3-7(8,9)10/h4H,3H2,1-2H3,(H,11,12,13). The molecule has 0 bridgehead atoms. The molecule has 0 spiro atoms. The first kappa shape index (κ1) is 10.8. The molecule has 7 heteroatoms. The lowest BCUT2D eigenvalue weighted by atomic mass is 10.4. The van der Waals surface area contributed by atoms with Gasteiger partial charge in [-0.05, 0) is 13.8 Å². The smallest absolute Gasteiger partial charge is 0.336 e. The predicted molar refractivity (Wildman–Crippen MR) is 42.8 cm³/mol. The molecule has 0 saturated carbocycles. The number of anilines is 1. The van der Waals surface area contributed by atoms with E-state index < -0.39 is 12.6 Å². The Hall–Kier alpha value is -1.27. The van der Waals surface area contributed by atoms with E-state index >= 15 is 0 Å². The SMILES string of the molecule is CC(C)Nc1nc(CC(F)(F)F)no1. The van der Waals surface area contributed by atoms with Gasteiger partial charge in [-0.25, -0.2) is 0 Å². The second-order valence-electron chi connectivity index (χ2n) is 3.11. The van der Waals surface area contributed by atoms with Gasteiger partial charge >= 0.3 is 12.2 Å². The van der Waals surface area contributed by atoms with Crippen LogP contribution in [-0.4, -0.2) is 22.4 Å². The van der Waals surface area contributed by atoms with E-state index in [9.17, 15) is 13.2 Å². The van der Waals surface area contributed by atoms with Crippen LogP contribution < -0.4 is 5.32 Å². The van der Waals surface area contributed by atoms with Gasteiger partial charge in [0.05, 0.1) is 0 Å². The molecule has 0 atom stereocenters. The van der Waals surface area contributed by atoms with Gasteiger partial charge in [-0.2, -0.15) is 18.2 Å². The van der Waals surface area contributed by atoms with E-state index in [2.05, 4.69) is 20.0 Å². The van der Waals surface area contributed by atoms with Crippen LogP contribution in [0.1, 0.15) is 19.7 Å². The molecule has 0 aliphatic heterocycles. The molecule has 1 heterocycles. The van der Waals surface area contributed by atoms with E-state index in [0.29, 0.717) is 0 Å².